The molecule has 1 amide bonds. The number of amides is 1. The van der Waals surface area contributed by atoms with E-state index in [9.17, 15) is 19.5 Å². The number of hydrogen-bond acceptors (Lipinski definition) is 11. The molecule has 13 heteroatoms. The third-order valence-corrected chi connectivity index (χ3v) is 6.41. The lowest BCUT2D eigenvalue weighted by atomic mass is 9.95. The van der Waals surface area contributed by atoms with E-state index >= 15 is 0 Å². The van der Waals surface area contributed by atoms with E-state index in [1.807, 2.05) is 0 Å². The van der Waals surface area contributed by atoms with Crippen molar-refractivity contribution >= 4 is 23.1 Å². The minimum atomic E-state index is -0.662. The van der Waals surface area contributed by atoms with Gasteiger partial charge in [-0.2, -0.15) is 0 Å². The summed E-state index contributed by atoms with van der Waals surface area (Å²) in [5.41, 5.74) is 7.21. The molecular formula is C24H24N8O5. The van der Waals surface area contributed by atoms with E-state index in [1.54, 1.807) is 42.2 Å². The number of nitrogen functional groups attached to an aromatic ring is 1. The number of carbonyl (C=O) groups excluding carboxylic acids is 1. The number of carbonyl (C=O) groups is 1. The zero-order valence-corrected chi connectivity index (χ0v) is 20.1. The van der Waals surface area contributed by atoms with Crippen molar-refractivity contribution < 1.29 is 14.6 Å². The number of nitrogens with zero attached hydrogens (tertiary/aromatic N) is 6. The molecule has 0 bridgehead atoms. The van der Waals surface area contributed by atoms with E-state index in [1.165, 1.54) is 11.8 Å². The molecule has 1 atom stereocenters. The van der Waals surface area contributed by atoms with Crippen molar-refractivity contribution in [1.29, 1.82) is 0 Å². The van der Waals surface area contributed by atoms with Crippen LogP contribution in [0.15, 0.2) is 39.9 Å². The van der Waals surface area contributed by atoms with E-state index in [2.05, 4.69) is 25.8 Å². The molecule has 13 nitrogen and oxygen atoms in total. The Morgan fingerprint density at radius 1 is 1.24 bits per heavy atom. The summed E-state index contributed by atoms with van der Waals surface area (Å²) >= 11 is 0. The number of anilines is 3. The SMILES string of the molecule is COc1cc2c(cc1C(=O)Nc1cccc(-c3nnnn3[C@H](C)CO)n1)CN(c1c(N)c(=O)c1=O)CC2. The molecule has 2 aromatic carbocycles. The Kier molecular flexibility index (Phi) is 6.13. The maximum Gasteiger partial charge on any atom is 0.260 e. The first-order valence-electron chi connectivity index (χ1n) is 11.5. The van der Waals surface area contributed by atoms with Crippen molar-refractivity contribution in [1.82, 2.24) is 25.2 Å². The molecule has 5 rings (SSSR count). The van der Waals surface area contributed by atoms with Gasteiger partial charge in [-0.25, -0.2) is 9.67 Å². The zero-order valence-electron chi connectivity index (χ0n) is 20.1. The Bertz CT molecular complexity index is 1570. The number of rotatable bonds is 7. The summed E-state index contributed by atoms with van der Waals surface area (Å²) < 4.78 is 6.94. The Labute approximate surface area is 210 Å². The summed E-state index contributed by atoms with van der Waals surface area (Å²) in [5.74, 6) is 0.571. The second kappa shape index (κ2) is 9.43. The summed E-state index contributed by atoms with van der Waals surface area (Å²) in [4.78, 5) is 43.1. The van der Waals surface area contributed by atoms with Gasteiger partial charge in [-0.1, -0.05) is 6.07 Å². The highest BCUT2D eigenvalue weighted by atomic mass is 16.5. The van der Waals surface area contributed by atoms with Crippen molar-refractivity contribution in [3.8, 4) is 17.3 Å². The van der Waals surface area contributed by atoms with Crippen LogP contribution in [0.5, 0.6) is 5.75 Å². The fraction of sp³-hybridized carbons (Fsp3) is 0.292. The second-order valence-electron chi connectivity index (χ2n) is 8.75. The molecule has 0 unspecified atom stereocenters. The van der Waals surface area contributed by atoms with Crippen LogP contribution in [-0.4, -0.2) is 56.5 Å². The molecule has 0 spiro atoms. The molecular weight excluding hydrogens is 480 g/mol. The fourth-order valence-corrected chi connectivity index (χ4v) is 4.38. The topological polar surface area (TPSA) is 178 Å². The Balaban J connectivity index is 1.41. The van der Waals surface area contributed by atoms with Gasteiger partial charge in [0.25, 0.3) is 16.8 Å². The molecule has 0 saturated heterocycles. The average molecular weight is 505 g/mol. The molecule has 0 saturated carbocycles. The first kappa shape index (κ1) is 24.1. The number of fused-ring (bicyclic) bond motifs is 1. The van der Waals surface area contributed by atoms with E-state index in [4.69, 9.17) is 10.5 Å². The van der Waals surface area contributed by atoms with E-state index in [-0.39, 0.29) is 35.4 Å². The third-order valence-electron chi connectivity index (χ3n) is 6.41. The molecule has 2 aromatic heterocycles. The summed E-state index contributed by atoms with van der Waals surface area (Å²) in [6.07, 6.45) is 0.594. The van der Waals surface area contributed by atoms with Crippen molar-refractivity contribution in [3.63, 3.8) is 0 Å². The lowest BCUT2D eigenvalue weighted by Gasteiger charge is -2.32. The van der Waals surface area contributed by atoms with Crippen LogP contribution in [0.1, 0.15) is 34.5 Å². The molecule has 4 aromatic rings. The Morgan fingerprint density at radius 2 is 2.05 bits per heavy atom. The van der Waals surface area contributed by atoms with E-state index in [0.29, 0.717) is 36.8 Å². The molecule has 3 heterocycles. The third kappa shape index (κ3) is 4.18. The van der Waals surface area contributed by atoms with Gasteiger partial charge >= 0.3 is 0 Å². The van der Waals surface area contributed by atoms with Gasteiger partial charge in [-0.15, -0.1) is 5.10 Å². The number of nitrogens with one attached hydrogen (secondary N) is 1. The quantitative estimate of drug-likeness (QED) is 0.295. The number of aliphatic hydroxyl groups is 1. The Morgan fingerprint density at radius 3 is 2.78 bits per heavy atom. The largest absolute Gasteiger partial charge is 0.496 e. The zero-order chi connectivity index (χ0) is 26.3. The highest BCUT2D eigenvalue weighted by molar-refractivity contribution is 6.06. The van der Waals surface area contributed by atoms with Crippen LogP contribution in [0.4, 0.5) is 17.2 Å². The molecule has 0 fully saturated rings. The monoisotopic (exact) mass is 504 g/mol. The molecule has 1 aliphatic heterocycles. The number of methoxy groups -OCH3 is 1. The number of hydrogen-bond donors (Lipinski definition) is 3. The van der Waals surface area contributed by atoms with Gasteiger partial charge < -0.3 is 25.8 Å². The fourth-order valence-electron chi connectivity index (χ4n) is 4.38. The van der Waals surface area contributed by atoms with Gasteiger partial charge in [0, 0.05) is 13.1 Å². The van der Waals surface area contributed by atoms with Crippen LogP contribution in [0.25, 0.3) is 11.5 Å². The van der Waals surface area contributed by atoms with E-state index < -0.39 is 16.8 Å². The van der Waals surface area contributed by atoms with Gasteiger partial charge in [-0.05, 0) is 59.2 Å². The van der Waals surface area contributed by atoms with Crippen LogP contribution >= 0.6 is 0 Å². The van der Waals surface area contributed by atoms with Crippen LogP contribution in [0.2, 0.25) is 0 Å². The van der Waals surface area contributed by atoms with Gasteiger partial charge in [0.2, 0.25) is 5.82 Å². The highest BCUT2D eigenvalue weighted by Gasteiger charge is 2.28. The van der Waals surface area contributed by atoms with Crippen molar-refractivity contribution in [2.75, 3.05) is 36.2 Å². The number of aromatic nitrogens is 5. The number of benzene rings is 1. The normalized spacial score (nSPS) is 13.9. The summed E-state index contributed by atoms with van der Waals surface area (Å²) in [5, 5.41) is 23.8. The van der Waals surface area contributed by atoms with Gasteiger partial charge in [-0.3, -0.25) is 14.4 Å². The minimum absolute atomic E-state index is 0.0229. The predicted molar refractivity (Wildman–Crippen MR) is 134 cm³/mol. The summed E-state index contributed by atoms with van der Waals surface area (Å²) in [6, 6.07) is 8.20. The van der Waals surface area contributed by atoms with Crippen LogP contribution in [0, 0.1) is 0 Å². The molecule has 0 radical (unpaired) electrons. The first-order chi connectivity index (χ1) is 17.8. The lowest BCUT2D eigenvalue weighted by molar-refractivity contribution is 0.102. The molecule has 0 aliphatic carbocycles. The van der Waals surface area contributed by atoms with Gasteiger partial charge in [0.1, 0.15) is 28.6 Å². The lowest BCUT2D eigenvalue weighted by Crippen LogP contribution is -2.44. The average Bonchev–Trinajstić information content (AvgIpc) is 3.42. The van der Waals surface area contributed by atoms with Crippen molar-refractivity contribution in [2.24, 2.45) is 0 Å². The van der Waals surface area contributed by atoms with Crippen molar-refractivity contribution in [2.45, 2.75) is 25.9 Å². The van der Waals surface area contributed by atoms with Crippen LogP contribution in [0.3, 0.4) is 0 Å². The number of aliphatic hydroxyl groups excluding tert-OH is 1. The van der Waals surface area contributed by atoms with Crippen LogP contribution in [-0.2, 0) is 13.0 Å². The van der Waals surface area contributed by atoms with Gasteiger partial charge in [0.05, 0.1) is 25.3 Å². The first-order valence-corrected chi connectivity index (χ1v) is 11.5. The molecule has 4 N–H and O–H groups in total. The number of ether oxygens (including phenoxy) is 1. The predicted octanol–water partition coefficient (Wildman–Crippen LogP) is 0.290. The molecule has 1 aliphatic rings. The number of nitrogens with two attached hydrogens (primary N) is 1. The number of pyridine rings is 1. The number of tetrazole rings is 1. The maximum atomic E-state index is 13.3. The molecule has 190 valence electrons. The second-order valence-corrected chi connectivity index (χ2v) is 8.75. The van der Waals surface area contributed by atoms with Gasteiger partial charge in [0.15, 0.2) is 0 Å². The highest BCUT2D eigenvalue weighted by Crippen LogP contribution is 2.31. The van der Waals surface area contributed by atoms with E-state index in [0.717, 1.165) is 11.1 Å². The smallest absolute Gasteiger partial charge is 0.260 e. The summed E-state index contributed by atoms with van der Waals surface area (Å²) in [6.45, 7) is 2.45. The Hall–Kier alpha value is -4.65. The van der Waals surface area contributed by atoms with Crippen LogP contribution < -0.4 is 31.5 Å². The maximum absolute atomic E-state index is 13.3. The standard InChI is InChI=1S/C24H24N8O5/c1-12(11-33)32-23(28-29-30-32)16-4-3-5-18(26-16)27-24(36)15-8-14-10-31(20-19(25)21(34)22(20)35)7-6-13(14)9-17(15)37-2/h3-5,8-9,12,33H,6-7,10-11,25H2,1-2H3,(H,26,27,36)/t12-/m1/s1. The molecule has 37 heavy (non-hydrogen) atoms. The van der Waals surface area contributed by atoms with Crippen molar-refractivity contribution in [3.05, 3.63) is 67.5 Å². The minimum Gasteiger partial charge on any atom is -0.496 e. The summed E-state index contributed by atoms with van der Waals surface area (Å²) in [7, 11) is 1.48.